The van der Waals surface area contributed by atoms with Gasteiger partial charge in [0.15, 0.2) is 0 Å². The van der Waals surface area contributed by atoms with Gasteiger partial charge in [0, 0.05) is 26.2 Å². The van der Waals surface area contributed by atoms with Crippen molar-refractivity contribution in [2.45, 2.75) is 6.92 Å². The summed E-state index contributed by atoms with van der Waals surface area (Å²) in [5.41, 5.74) is 0. The first-order valence-corrected chi connectivity index (χ1v) is 1.56. The first-order chi connectivity index (χ1) is 1.91. The molecule has 0 aromatic rings. The van der Waals surface area contributed by atoms with E-state index in [0.717, 1.165) is 6.54 Å². The molecule has 0 aliphatic carbocycles. The zero-order valence-corrected chi connectivity index (χ0v) is 6.17. The molecule has 0 aromatic heterocycles. The largest absolute Gasteiger partial charge is 0.320 e. The van der Waals surface area contributed by atoms with Gasteiger partial charge in [-0.15, -0.1) is 0 Å². The maximum Gasteiger partial charge on any atom is 0 e. The standard InChI is InChI=1S/C3H9N.Zr/c1-3-4-2;/h4H,3H2,1-2H3;. The van der Waals surface area contributed by atoms with E-state index in [0.29, 0.717) is 0 Å². The first kappa shape index (κ1) is 9.28. The van der Waals surface area contributed by atoms with Gasteiger partial charge >= 0.3 is 0 Å². The molecule has 0 amide bonds. The Morgan fingerprint density at radius 3 is 1.80 bits per heavy atom. The van der Waals surface area contributed by atoms with Crippen LogP contribution in [0.4, 0.5) is 0 Å². The van der Waals surface area contributed by atoms with Crippen LogP contribution in [0.1, 0.15) is 6.92 Å². The number of hydrogen-bond acceptors (Lipinski definition) is 1. The molecule has 0 aromatic carbocycles. The topological polar surface area (TPSA) is 12.0 Å². The second-order valence-electron chi connectivity index (χ2n) is 0.707. The molecule has 0 atom stereocenters. The van der Waals surface area contributed by atoms with Gasteiger partial charge in [0.25, 0.3) is 0 Å². The summed E-state index contributed by atoms with van der Waals surface area (Å²) in [4.78, 5) is 0. The number of rotatable bonds is 1. The van der Waals surface area contributed by atoms with Crippen molar-refractivity contribution in [3.05, 3.63) is 0 Å². The Balaban J connectivity index is 0. The van der Waals surface area contributed by atoms with E-state index in [4.69, 9.17) is 0 Å². The van der Waals surface area contributed by atoms with E-state index in [2.05, 4.69) is 12.2 Å². The van der Waals surface area contributed by atoms with Crippen LogP contribution in [0.15, 0.2) is 0 Å². The van der Waals surface area contributed by atoms with Gasteiger partial charge < -0.3 is 5.32 Å². The minimum Gasteiger partial charge on any atom is -0.320 e. The van der Waals surface area contributed by atoms with Gasteiger partial charge in [0.1, 0.15) is 0 Å². The van der Waals surface area contributed by atoms with Crippen molar-refractivity contribution in [3.8, 4) is 0 Å². The molecule has 30 valence electrons. The molecule has 0 aliphatic rings. The maximum atomic E-state index is 2.93. The number of nitrogens with one attached hydrogen (secondary N) is 1. The van der Waals surface area contributed by atoms with Crippen LogP contribution in [0.5, 0.6) is 0 Å². The predicted molar refractivity (Wildman–Crippen MR) is 19.6 cm³/mol. The minimum atomic E-state index is 0. The summed E-state index contributed by atoms with van der Waals surface area (Å²) in [6.45, 7) is 3.14. The van der Waals surface area contributed by atoms with E-state index in [1.165, 1.54) is 0 Å². The summed E-state index contributed by atoms with van der Waals surface area (Å²) in [5.74, 6) is 0. The van der Waals surface area contributed by atoms with Crippen LogP contribution < -0.4 is 5.32 Å². The molecule has 0 radical (unpaired) electrons. The van der Waals surface area contributed by atoms with Crippen LogP contribution >= 0.6 is 0 Å². The monoisotopic (exact) mass is 149 g/mol. The van der Waals surface area contributed by atoms with Crippen molar-refractivity contribution in [2.24, 2.45) is 0 Å². The van der Waals surface area contributed by atoms with Crippen LogP contribution in [-0.4, -0.2) is 13.6 Å². The molecule has 2 heteroatoms. The third-order valence-corrected chi connectivity index (χ3v) is 0.354. The Bertz CT molecular complexity index is 8.85. The molecule has 0 bridgehead atoms. The second kappa shape index (κ2) is 8.85. The van der Waals surface area contributed by atoms with E-state index >= 15 is 0 Å². The van der Waals surface area contributed by atoms with Crippen molar-refractivity contribution >= 4 is 0 Å². The number of hydrogen-bond donors (Lipinski definition) is 1. The Kier molecular flexibility index (Phi) is 16.4. The van der Waals surface area contributed by atoms with Crippen LogP contribution in [0.25, 0.3) is 0 Å². The average molecular weight is 150 g/mol. The van der Waals surface area contributed by atoms with Crippen molar-refractivity contribution < 1.29 is 26.2 Å². The molecule has 0 rings (SSSR count). The molecule has 1 N–H and O–H groups in total. The molecule has 5 heavy (non-hydrogen) atoms. The first-order valence-electron chi connectivity index (χ1n) is 1.56. The van der Waals surface area contributed by atoms with Crippen LogP contribution in [0, 0.1) is 0 Å². The van der Waals surface area contributed by atoms with Gasteiger partial charge in [-0.1, -0.05) is 6.92 Å². The molecular weight excluding hydrogens is 141 g/mol. The predicted octanol–water partition coefficient (Wildman–Crippen LogP) is 0.223. The fourth-order valence-electron chi connectivity index (χ4n) is 0. The van der Waals surface area contributed by atoms with E-state index < -0.39 is 0 Å². The Morgan fingerprint density at radius 2 is 1.80 bits per heavy atom. The molecule has 0 aliphatic heterocycles. The van der Waals surface area contributed by atoms with Gasteiger partial charge in [0.2, 0.25) is 0 Å². The molecule has 0 fully saturated rings. The van der Waals surface area contributed by atoms with Gasteiger partial charge in [0.05, 0.1) is 0 Å². The summed E-state index contributed by atoms with van der Waals surface area (Å²) in [6.07, 6.45) is 0. The summed E-state index contributed by atoms with van der Waals surface area (Å²) >= 11 is 0. The quantitative estimate of drug-likeness (QED) is 0.564. The van der Waals surface area contributed by atoms with Crippen LogP contribution in [-0.2, 0) is 26.2 Å². The molecule has 0 saturated heterocycles. The Hall–Kier alpha value is 0.843. The van der Waals surface area contributed by atoms with Gasteiger partial charge in [-0.3, -0.25) is 0 Å². The third-order valence-electron chi connectivity index (χ3n) is 0.354. The molecule has 0 saturated carbocycles. The molecule has 1 nitrogen and oxygen atoms in total. The fourth-order valence-corrected chi connectivity index (χ4v) is 0. The van der Waals surface area contributed by atoms with E-state index in [1.807, 2.05) is 7.05 Å². The van der Waals surface area contributed by atoms with Gasteiger partial charge in [-0.05, 0) is 13.6 Å². The zero-order valence-electron chi connectivity index (χ0n) is 3.71. The van der Waals surface area contributed by atoms with Gasteiger partial charge in [-0.2, -0.15) is 0 Å². The summed E-state index contributed by atoms with van der Waals surface area (Å²) < 4.78 is 0. The molecule has 0 heterocycles. The fraction of sp³-hybridized carbons (Fsp3) is 1.00. The van der Waals surface area contributed by atoms with Crippen LogP contribution in [0.3, 0.4) is 0 Å². The minimum absolute atomic E-state index is 0. The second-order valence-corrected chi connectivity index (χ2v) is 0.707. The summed E-state index contributed by atoms with van der Waals surface area (Å²) in [6, 6.07) is 0. The summed E-state index contributed by atoms with van der Waals surface area (Å²) in [7, 11) is 1.93. The smallest absolute Gasteiger partial charge is 0 e. The SMILES string of the molecule is CCNC.[Zr]. The van der Waals surface area contributed by atoms with Crippen molar-refractivity contribution in [2.75, 3.05) is 13.6 Å². The molecule has 0 unspecified atom stereocenters. The van der Waals surface area contributed by atoms with E-state index in [1.54, 1.807) is 0 Å². The van der Waals surface area contributed by atoms with Gasteiger partial charge in [-0.25, -0.2) is 0 Å². The average Bonchev–Trinajstić information content (AvgIpc) is 1.37. The normalized spacial score (nSPS) is 6.00. The van der Waals surface area contributed by atoms with Crippen molar-refractivity contribution in [3.63, 3.8) is 0 Å². The molecular formula is C3H9NZr. The van der Waals surface area contributed by atoms with E-state index in [-0.39, 0.29) is 26.2 Å². The maximum absolute atomic E-state index is 2.93. The zero-order chi connectivity index (χ0) is 3.41. The Morgan fingerprint density at radius 1 is 1.60 bits per heavy atom. The molecule has 0 spiro atoms. The third kappa shape index (κ3) is 11.5. The van der Waals surface area contributed by atoms with Crippen molar-refractivity contribution in [1.29, 1.82) is 0 Å². The van der Waals surface area contributed by atoms with E-state index in [9.17, 15) is 0 Å². The Labute approximate surface area is 52.3 Å². The van der Waals surface area contributed by atoms with Crippen LogP contribution in [0.2, 0.25) is 0 Å². The van der Waals surface area contributed by atoms with Crippen molar-refractivity contribution in [1.82, 2.24) is 5.32 Å². The summed E-state index contributed by atoms with van der Waals surface area (Å²) in [5, 5.41) is 2.93.